The molecule has 1 atom stereocenters. The number of benzene rings is 1. The van der Waals surface area contributed by atoms with Gasteiger partial charge in [0.05, 0.1) is 6.42 Å². The molecule has 0 bridgehead atoms. The molecule has 0 spiro atoms. The Morgan fingerprint density at radius 1 is 1.35 bits per heavy atom. The Labute approximate surface area is 115 Å². The first-order chi connectivity index (χ1) is 9.76. The smallest absolute Gasteiger partial charge is 0.234 e. The average molecular weight is 274 g/mol. The predicted molar refractivity (Wildman–Crippen MR) is 68.6 cm³/mol. The summed E-state index contributed by atoms with van der Waals surface area (Å²) in [6.07, 6.45) is 0.195. The molecule has 20 heavy (non-hydrogen) atoms. The van der Waals surface area contributed by atoms with Crippen LogP contribution in [0.5, 0.6) is 11.5 Å². The lowest BCUT2D eigenvalue weighted by Crippen LogP contribution is -2.22. The molecule has 1 aliphatic heterocycles. The summed E-state index contributed by atoms with van der Waals surface area (Å²) in [6.45, 7) is 2.12. The van der Waals surface area contributed by atoms with Gasteiger partial charge in [-0.05, 0) is 12.1 Å². The minimum absolute atomic E-state index is 0.0614. The number of nitrogens with zero attached hydrogens (tertiary/aromatic N) is 2. The first-order valence-corrected chi connectivity index (χ1v) is 6.49. The van der Waals surface area contributed by atoms with E-state index in [4.69, 9.17) is 14.0 Å². The zero-order valence-corrected chi connectivity index (χ0v) is 11.0. The Morgan fingerprint density at radius 3 is 2.95 bits per heavy atom. The molecule has 104 valence electrons. The molecule has 2 heterocycles. The summed E-state index contributed by atoms with van der Waals surface area (Å²) in [5.41, 5.74) is 0. The number of para-hydroxylation sites is 2. The summed E-state index contributed by atoms with van der Waals surface area (Å²) in [5.74, 6) is 2.13. The number of fused-ring (bicyclic) bond motifs is 1. The van der Waals surface area contributed by atoms with E-state index in [1.165, 1.54) is 0 Å². The third-order valence-electron chi connectivity index (χ3n) is 3.02. The molecule has 0 aliphatic carbocycles. The lowest BCUT2D eigenvalue weighted by Gasteiger charge is -2.24. The van der Waals surface area contributed by atoms with Crippen LogP contribution < -0.4 is 9.47 Å². The van der Waals surface area contributed by atoms with Crippen LogP contribution in [-0.2, 0) is 11.2 Å². The van der Waals surface area contributed by atoms with Gasteiger partial charge in [-0.1, -0.05) is 24.2 Å². The van der Waals surface area contributed by atoms with E-state index >= 15 is 0 Å². The van der Waals surface area contributed by atoms with Gasteiger partial charge in [0, 0.05) is 6.42 Å². The molecule has 0 saturated carbocycles. The summed E-state index contributed by atoms with van der Waals surface area (Å²) in [7, 11) is 0. The second kappa shape index (κ2) is 5.32. The normalized spacial score (nSPS) is 16.9. The highest BCUT2D eigenvalue weighted by Gasteiger charge is 2.26. The van der Waals surface area contributed by atoms with E-state index in [1.54, 1.807) is 6.92 Å². The summed E-state index contributed by atoms with van der Waals surface area (Å²) in [6, 6.07) is 7.41. The first-order valence-electron chi connectivity index (χ1n) is 6.49. The topological polar surface area (TPSA) is 74.5 Å². The van der Waals surface area contributed by atoms with Crippen LogP contribution in [0.1, 0.15) is 31.2 Å². The Balaban J connectivity index is 1.73. The lowest BCUT2D eigenvalue weighted by molar-refractivity contribution is -0.118. The fourth-order valence-corrected chi connectivity index (χ4v) is 1.91. The van der Waals surface area contributed by atoms with Gasteiger partial charge in [-0.25, -0.2) is 0 Å². The quantitative estimate of drug-likeness (QED) is 0.850. The molecule has 0 saturated heterocycles. The second-order valence-electron chi connectivity index (χ2n) is 4.48. The summed E-state index contributed by atoms with van der Waals surface area (Å²) < 4.78 is 16.4. The van der Waals surface area contributed by atoms with Gasteiger partial charge in [0.15, 0.2) is 17.6 Å². The minimum Gasteiger partial charge on any atom is -0.485 e. The number of carbonyl (C=O) groups excluding carboxylic acids is 1. The highest BCUT2D eigenvalue weighted by atomic mass is 16.6. The minimum atomic E-state index is -0.417. The van der Waals surface area contributed by atoms with E-state index in [0.717, 1.165) is 0 Å². The lowest BCUT2D eigenvalue weighted by atomic mass is 10.2. The van der Waals surface area contributed by atoms with Gasteiger partial charge in [-0.15, -0.1) is 0 Å². The molecule has 0 radical (unpaired) electrons. The molecule has 1 unspecified atom stereocenters. The van der Waals surface area contributed by atoms with Gasteiger partial charge in [-0.3, -0.25) is 4.79 Å². The fourth-order valence-electron chi connectivity index (χ4n) is 1.91. The standard InChI is InChI=1S/C14H14N2O4/c1-2-9(17)7-13-15-14(16-20-13)12-8-18-10-5-3-4-6-11(10)19-12/h3-6,12H,2,7-8H2,1H3. The molecule has 3 rings (SSSR count). The van der Waals surface area contributed by atoms with Gasteiger partial charge < -0.3 is 14.0 Å². The largest absolute Gasteiger partial charge is 0.485 e. The van der Waals surface area contributed by atoms with Crippen molar-refractivity contribution in [1.82, 2.24) is 10.1 Å². The van der Waals surface area contributed by atoms with Crippen molar-refractivity contribution in [2.75, 3.05) is 6.61 Å². The molecule has 1 aliphatic rings. The molecule has 6 nitrogen and oxygen atoms in total. The van der Waals surface area contributed by atoms with Crippen LogP contribution in [0.25, 0.3) is 0 Å². The maximum atomic E-state index is 11.3. The molecule has 0 fully saturated rings. The number of hydrogen-bond donors (Lipinski definition) is 0. The number of carbonyl (C=O) groups is 1. The van der Waals surface area contributed by atoms with E-state index in [9.17, 15) is 4.79 Å². The highest BCUT2D eigenvalue weighted by molar-refractivity contribution is 5.79. The van der Waals surface area contributed by atoms with Crippen molar-refractivity contribution < 1.29 is 18.8 Å². The monoisotopic (exact) mass is 274 g/mol. The molecule has 2 aromatic rings. The summed E-state index contributed by atoms with van der Waals surface area (Å²) >= 11 is 0. The van der Waals surface area contributed by atoms with Gasteiger partial charge in [0.1, 0.15) is 12.4 Å². The van der Waals surface area contributed by atoms with Crippen LogP contribution in [0.3, 0.4) is 0 Å². The zero-order chi connectivity index (χ0) is 13.9. The van der Waals surface area contributed by atoms with Crippen molar-refractivity contribution in [3.63, 3.8) is 0 Å². The van der Waals surface area contributed by atoms with Crippen LogP contribution in [0, 0.1) is 0 Å². The Bertz CT molecular complexity index is 623. The van der Waals surface area contributed by atoms with Crippen LogP contribution in [0.4, 0.5) is 0 Å². The molecule has 1 aromatic carbocycles. The van der Waals surface area contributed by atoms with E-state index in [-0.39, 0.29) is 12.2 Å². The second-order valence-corrected chi connectivity index (χ2v) is 4.48. The number of aromatic nitrogens is 2. The molecule has 6 heteroatoms. The van der Waals surface area contributed by atoms with Crippen molar-refractivity contribution >= 4 is 5.78 Å². The number of Topliss-reactive ketones (excluding diaryl/α,β-unsaturated/α-hetero) is 1. The fraction of sp³-hybridized carbons (Fsp3) is 0.357. The number of rotatable bonds is 4. The molecule has 0 N–H and O–H groups in total. The maximum Gasteiger partial charge on any atom is 0.234 e. The molecule has 1 aromatic heterocycles. The number of ketones is 1. The number of ether oxygens (including phenoxy) is 2. The summed E-state index contributed by atoms with van der Waals surface area (Å²) in [4.78, 5) is 15.5. The van der Waals surface area contributed by atoms with Gasteiger partial charge >= 0.3 is 0 Å². The Kier molecular flexibility index (Phi) is 3.37. The highest BCUT2D eigenvalue weighted by Crippen LogP contribution is 2.34. The van der Waals surface area contributed by atoms with E-state index in [2.05, 4.69) is 10.1 Å². The van der Waals surface area contributed by atoms with Gasteiger partial charge in [0.25, 0.3) is 0 Å². The van der Waals surface area contributed by atoms with E-state index in [0.29, 0.717) is 36.2 Å². The van der Waals surface area contributed by atoms with Crippen molar-refractivity contribution in [3.05, 3.63) is 36.0 Å². The average Bonchev–Trinajstić information content (AvgIpc) is 2.95. The first kappa shape index (κ1) is 12.7. The SMILES string of the molecule is CCC(=O)Cc1nc(C2COc3ccccc3O2)no1. The third kappa shape index (κ3) is 2.49. The van der Waals surface area contributed by atoms with Crippen LogP contribution in [0.2, 0.25) is 0 Å². The zero-order valence-electron chi connectivity index (χ0n) is 11.0. The molecular formula is C14H14N2O4. The molecular weight excluding hydrogens is 260 g/mol. The predicted octanol–water partition coefficient (Wildman–Crippen LogP) is 2.10. The maximum absolute atomic E-state index is 11.3. The van der Waals surface area contributed by atoms with Crippen LogP contribution >= 0.6 is 0 Å². The molecule has 0 amide bonds. The van der Waals surface area contributed by atoms with Crippen LogP contribution in [0.15, 0.2) is 28.8 Å². The Hall–Kier alpha value is -2.37. The summed E-state index contributed by atoms with van der Waals surface area (Å²) in [5, 5.41) is 3.86. The van der Waals surface area contributed by atoms with Crippen molar-refractivity contribution in [2.24, 2.45) is 0 Å². The van der Waals surface area contributed by atoms with E-state index in [1.807, 2.05) is 24.3 Å². The van der Waals surface area contributed by atoms with Crippen LogP contribution in [-0.4, -0.2) is 22.5 Å². The van der Waals surface area contributed by atoms with E-state index < -0.39 is 6.10 Å². The van der Waals surface area contributed by atoms with Crippen molar-refractivity contribution in [3.8, 4) is 11.5 Å². The van der Waals surface area contributed by atoms with Gasteiger partial charge in [-0.2, -0.15) is 4.98 Å². The van der Waals surface area contributed by atoms with Crippen molar-refractivity contribution in [1.29, 1.82) is 0 Å². The third-order valence-corrected chi connectivity index (χ3v) is 3.02. The Morgan fingerprint density at radius 2 is 2.15 bits per heavy atom. The number of hydrogen-bond acceptors (Lipinski definition) is 6. The van der Waals surface area contributed by atoms with Crippen molar-refractivity contribution in [2.45, 2.75) is 25.9 Å². The van der Waals surface area contributed by atoms with Gasteiger partial charge in [0.2, 0.25) is 11.7 Å².